The molecule has 196 valence electrons. The molecule has 1 fully saturated rings. The summed E-state index contributed by atoms with van der Waals surface area (Å²) in [6.07, 6.45) is 6.81. The summed E-state index contributed by atoms with van der Waals surface area (Å²) in [6.45, 7) is 13.1. The van der Waals surface area contributed by atoms with Gasteiger partial charge >= 0.3 is 6.61 Å². The van der Waals surface area contributed by atoms with Gasteiger partial charge in [0.25, 0.3) is 0 Å². The molecule has 1 aromatic heterocycles. The molecule has 1 aromatic carbocycles. The highest BCUT2D eigenvalue weighted by molar-refractivity contribution is 7.78. The molecule has 2 aromatic rings. The molecule has 34 heavy (non-hydrogen) atoms. The van der Waals surface area contributed by atoms with Crippen LogP contribution < -0.4 is 4.74 Å². The van der Waals surface area contributed by atoms with Crippen molar-refractivity contribution >= 4 is 22.4 Å². The fourth-order valence-electron chi connectivity index (χ4n) is 3.05. The number of aromatic nitrogens is 1. The second-order valence-electron chi connectivity index (χ2n) is 8.47. The van der Waals surface area contributed by atoms with E-state index in [1.807, 2.05) is 26.1 Å². The van der Waals surface area contributed by atoms with Gasteiger partial charge in [0.2, 0.25) is 0 Å². The molecular formula is C25H42F2N2O3S2. The van der Waals surface area contributed by atoms with Crippen LogP contribution in [0.5, 0.6) is 5.75 Å². The van der Waals surface area contributed by atoms with Crippen LogP contribution in [0.3, 0.4) is 0 Å². The molecule has 9 heteroatoms. The van der Waals surface area contributed by atoms with Crippen molar-refractivity contribution < 1.29 is 22.3 Å². The number of likely N-dealkylation sites (tertiary alicyclic amines) is 1. The van der Waals surface area contributed by atoms with Crippen LogP contribution in [0.4, 0.5) is 8.78 Å². The highest BCUT2D eigenvalue weighted by Crippen LogP contribution is 2.34. The number of hydrogen-bond acceptors (Lipinski definition) is 5. The van der Waals surface area contributed by atoms with E-state index < -0.39 is 17.7 Å². The van der Waals surface area contributed by atoms with Crippen LogP contribution in [0.15, 0.2) is 30.5 Å². The zero-order valence-corrected chi connectivity index (χ0v) is 23.2. The third-order valence-corrected chi connectivity index (χ3v) is 5.39. The Kier molecular flexibility index (Phi) is 18.1. The molecule has 0 saturated carbocycles. The van der Waals surface area contributed by atoms with E-state index in [4.69, 9.17) is 8.76 Å². The van der Waals surface area contributed by atoms with Crippen LogP contribution in [0.25, 0.3) is 10.6 Å². The smallest absolute Gasteiger partial charge is 0.387 e. The van der Waals surface area contributed by atoms with Gasteiger partial charge in [-0.05, 0) is 56.3 Å². The van der Waals surface area contributed by atoms with Gasteiger partial charge in [-0.2, -0.15) is 8.78 Å². The van der Waals surface area contributed by atoms with E-state index in [9.17, 15) is 8.78 Å². The second-order valence-corrected chi connectivity index (χ2v) is 10.4. The van der Waals surface area contributed by atoms with E-state index in [1.165, 1.54) is 25.5 Å². The van der Waals surface area contributed by atoms with Crippen LogP contribution in [-0.4, -0.2) is 44.6 Å². The third-order valence-electron chi connectivity index (χ3n) is 4.38. The predicted octanol–water partition coefficient (Wildman–Crippen LogP) is 7.56. The summed E-state index contributed by atoms with van der Waals surface area (Å²) in [7, 11) is 0. The largest absolute Gasteiger partial charge is 0.434 e. The third kappa shape index (κ3) is 15.5. The number of para-hydroxylation sites is 1. The average Bonchev–Trinajstić information content (AvgIpc) is 3.11. The van der Waals surface area contributed by atoms with E-state index in [0.717, 1.165) is 41.4 Å². The predicted molar refractivity (Wildman–Crippen MR) is 141 cm³/mol. The Hall–Kier alpha value is -1.42. The van der Waals surface area contributed by atoms with E-state index in [1.54, 1.807) is 29.5 Å². The van der Waals surface area contributed by atoms with Crippen molar-refractivity contribution in [3.8, 4) is 16.3 Å². The number of benzene rings is 1. The van der Waals surface area contributed by atoms with Gasteiger partial charge in [-0.25, -0.2) is 9.19 Å². The van der Waals surface area contributed by atoms with Gasteiger partial charge in [0.1, 0.15) is 21.8 Å². The summed E-state index contributed by atoms with van der Waals surface area (Å²) in [5.74, 6) is 1.81. The van der Waals surface area contributed by atoms with Crippen LogP contribution in [-0.2, 0) is 17.6 Å². The lowest BCUT2D eigenvalue weighted by atomic mass is 10.0. The molecule has 0 aliphatic carbocycles. The fourth-order valence-corrected chi connectivity index (χ4v) is 4.03. The van der Waals surface area contributed by atoms with Crippen LogP contribution in [0.2, 0.25) is 0 Å². The molecule has 0 spiro atoms. The monoisotopic (exact) mass is 520 g/mol. The number of ether oxygens (including phenoxy) is 1. The van der Waals surface area contributed by atoms with Gasteiger partial charge in [-0.15, -0.1) is 11.3 Å². The quantitative estimate of drug-likeness (QED) is 0.412. The van der Waals surface area contributed by atoms with Crippen molar-refractivity contribution in [1.29, 1.82) is 0 Å². The van der Waals surface area contributed by atoms with Crippen molar-refractivity contribution in [3.05, 3.63) is 35.3 Å². The molecule has 1 saturated heterocycles. The van der Waals surface area contributed by atoms with Gasteiger partial charge in [0.15, 0.2) is 0 Å². The molecule has 2 unspecified atom stereocenters. The van der Waals surface area contributed by atoms with Crippen LogP contribution >= 0.6 is 11.3 Å². The second kappa shape index (κ2) is 18.9. The van der Waals surface area contributed by atoms with Crippen molar-refractivity contribution in [3.63, 3.8) is 0 Å². The minimum absolute atomic E-state index is 0.178. The number of alkyl halides is 2. The fraction of sp³-hybridized carbons (Fsp3) is 0.640. The maximum absolute atomic E-state index is 12.6. The summed E-state index contributed by atoms with van der Waals surface area (Å²) in [5.41, 5.74) is 0.624. The zero-order valence-electron chi connectivity index (χ0n) is 21.6. The number of nitrogens with zero attached hydrogens (tertiary/aromatic N) is 2. The standard InChI is InChI=1S/C18H22F2N2OS.C4H10.C2H6.CH4O2S/c1-13-5-4-9-22(10-8-13)12-14-11-21-17(24-14)15-6-2-3-7-16(15)23-18(19)20;1-4(2)3;1-2;1-4(2)3/h2-3,6-7,11,13,18H,4-5,8-10,12H2,1H3;4H,1-3H3;1-2H3;1H3,(H,2,3). The first-order valence-electron chi connectivity index (χ1n) is 11.8. The van der Waals surface area contributed by atoms with E-state index in [0.29, 0.717) is 5.56 Å². The van der Waals surface area contributed by atoms with Crippen molar-refractivity contribution in [2.75, 3.05) is 19.3 Å². The summed E-state index contributed by atoms with van der Waals surface area (Å²) >= 11 is -0.0603. The van der Waals surface area contributed by atoms with Crippen LogP contribution in [0.1, 0.15) is 65.7 Å². The van der Waals surface area contributed by atoms with Crippen molar-refractivity contribution in [2.24, 2.45) is 11.8 Å². The lowest BCUT2D eigenvalue weighted by Crippen LogP contribution is -2.23. The Bertz CT molecular complexity index is 797. The molecule has 2 atom stereocenters. The van der Waals surface area contributed by atoms with Gasteiger partial charge in [-0.3, -0.25) is 4.90 Å². The normalized spacial score (nSPS) is 16.8. The first kappa shape index (κ1) is 32.6. The van der Waals surface area contributed by atoms with Gasteiger partial charge < -0.3 is 9.29 Å². The Morgan fingerprint density at radius 3 is 2.38 bits per heavy atom. The van der Waals surface area contributed by atoms with E-state index in [2.05, 4.69) is 42.3 Å². The summed E-state index contributed by atoms with van der Waals surface area (Å²) in [5, 5.41) is 0.726. The molecule has 1 aliphatic heterocycles. The summed E-state index contributed by atoms with van der Waals surface area (Å²) < 4.78 is 46.4. The minimum atomic E-state index is -2.83. The SMILES string of the molecule is CC.CC(C)C.CC1CCCN(Cc2cnc(-c3ccccc3OC(F)F)s2)CC1.CS(=O)O. The number of thiazole rings is 1. The van der Waals surface area contributed by atoms with Gasteiger partial charge in [0.05, 0.1) is 5.56 Å². The highest BCUT2D eigenvalue weighted by atomic mass is 32.2. The summed E-state index contributed by atoms with van der Waals surface area (Å²) in [6, 6.07) is 6.83. The molecule has 1 aliphatic rings. The summed E-state index contributed by atoms with van der Waals surface area (Å²) in [4.78, 5) is 8.04. The van der Waals surface area contributed by atoms with Crippen molar-refractivity contribution in [2.45, 2.75) is 74.0 Å². The number of hydrogen-bond donors (Lipinski definition) is 1. The molecule has 3 rings (SSSR count). The molecule has 5 nitrogen and oxygen atoms in total. The maximum atomic E-state index is 12.6. The topological polar surface area (TPSA) is 62.7 Å². The minimum Gasteiger partial charge on any atom is -0.434 e. The molecule has 0 bridgehead atoms. The Morgan fingerprint density at radius 2 is 1.79 bits per heavy atom. The first-order chi connectivity index (χ1) is 16.1. The Balaban J connectivity index is 0.000000934. The Morgan fingerprint density at radius 1 is 1.21 bits per heavy atom. The lowest BCUT2D eigenvalue weighted by Gasteiger charge is -2.18. The number of halogens is 2. The van der Waals surface area contributed by atoms with E-state index >= 15 is 0 Å². The lowest BCUT2D eigenvalue weighted by molar-refractivity contribution is -0.0494. The molecule has 1 N–H and O–H groups in total. The number of rotatable bonds is 5. The molecule has 2 heterocycles. The Labute approximate surface area is 211 Å². The average molecular weight is 521 g/mol. The first-order valence-corrected chi connectivity index (χ1v) is 14.1. The molecule has 0 amide bonds. The maximum Gasteiger partial charge on any atom is 0.387 e. The molecule has 0 radical (unpaired) electrons. The zero-order chi connectivity index (χ0) is 26.1. The van der Waals surface area contributed by atoms with Crippen LogP contribution in [0, 0.1) is 11.8 Å². The highest BCUT2D eigenvalue weighted by Gasteiger charge is 2.17. The van der Waals surface area contributed by atoms with Crippen molar-refractivity contribution in [1.82, 2.24) is 9.88 Å². The van der Waals surface area contributed by atoms with Gasteiger partial charge in [0, 0.05) is 23.9 Å². The van der Waals surface area contributed by atoms with Gasteiger partial charge in [-0.1, -0.05) is 53.7 Å². The molecular weight excluding hydrogens is 478 g/mol. The van der Waals surface area contributed by atoms with E-state index in [-0.39, 0.29) is 5.75 Å².